The molecular weight excluding hydrogens is 455 g/mol. The summed E-state index contributed by atoms with van der Waals surface area (Å²) >= 11 is 1.13. The van der Waals surface area contributed by atoms with E-state index in [0.717, 1.165) is 28.2 Å². The lowest BCUT2D eigenvalue weighted by molar-refractivity contribution is 0.275. The second-order valence-electron chi connectivity index (χ2n) is 8.32. The van der Waals surface area contributed by atoms with Gasteiger partial charge in [-0.25, -0.2) is 13.2 Å². The number of hydrogen-bond acceptors (Lipinski definition) is 3. The van der Waals surface area contributed by atoms with Gasteiger partial charge in [-0.3, -0.25) is 0 Å². The van der Waals surface area contributed by atoms with Gasteiger partial charge in [0.05, 0.1) is 10.6 Å². The molecule has 0 N–H and O–H groups in total. The first-order valence-corrected chi connectivity index (χ1v) is 11.7. The number of rotatable bonds is 8. The zero-order valence-electron chi connectivity index (χ0n) is 19.0. The van der Waals surface area contributed by atoms with Crippen LogP contribution in [-0.2, 0) is 13.0 Å². The van der Waals surface area contributed by atoms with E-state index < -0.39 is 17.4 Å². The lowest BCUT2D eigenvalue weighted by Crippen LogP contribution is -2.03. The topological polar surface area (TPSA) is 22.1 Å². The number of halogens is 3. The van der Waals surface area contributed by atoms with Crippen molar-refractivity contribution in [3.8, 4) is 27.4 Å². The van der Waals surface area contributed by atoms with E-state index >= 15 is 0 Å². The number of allylic oxidation sites excluding steroid dienone is 1. The molecule has 4 aromatic rings. The predicted octanol–water partition coefficient (Wildman–Crippen LogP) is 8.29. The van der Waals surface area contributed by atoms with Gasteiger partial charge in [0.2, 0.25) is 0 Å². The average molecular weight is 480 g/mol. The van der Waals surface area contributed by atoms with Gasteiger partial charge in [-0.05, 0) is 67.5 Å². The van der Waals surface area contributed by atoms with Gasteiger partial charge in [0.15, 0.2) is 17.4 Å². The lowest BCUT2D eigenvalue weighted by atomic mass is 10.0. The Bertz CT molecular complexity index is 1310. The highest BCUT2D eigenvalue weighted by Gasteiger charge is 2.21. The number of aryl methyl sites for hydroxylation is 2. The molecular formula is C28H24F3NOS. The Kier molecular flexibility index (Phi) is 7.17. The normalized spacial score (nSPS) is 11.0. The van der Waals surface area contributed by atoms with Gasteiger partial charge < -0.3 is 4.74 Å². The van der Waals surface area contributed by atoms with E-state index in [9.17, 15) is 13.2 Å². The number of nitrogens with zero attached hydrogens (tertiary/aromatic N) is 1. The SMILES string of the molecule is C=C(C)CCc1cc(F)c(OCc2c(-c3ccccc3)nsc2-c2ccc(C)cc2F)c(F)c1. The van der Waals surface area contributed by atoms with Gasteiger partial charge in [0, 0.05) is 16.7 Å². The minimum Gasteiger partial charge on any atom is -0.483 e. The Labute approximate surface area is 201 Å². The zero-order valence-corrected chi connectivity index (χ0v) is 19.8. The van der Waals surface area contributed by atoms with Crippen LogP contribution in [0.25, 0.3) is 21.7 Å². The molecule has 3 aromatic carbocycles. The standard InChI is InChI=1S/C28H24F3NOS/c1-17(2)9-11-19-14-24(30)27(25(31)15-19)33-16-22-26(20-7-5-4-6-8-20)32-34-28(22)21-12-10-18(3)13-23(21)29/h4-8,10,12-15H,1,9,11,16H2,2-3H3. The molecule has 0 aliphatic heterocycles. The van der Waals surface area contributed by atoms with Crippen LogP contribution in [0.3, 0.4) is 0 Å². The molecule has 34 heavy (non-hydrogen) atoms. The Morgan fingerprint density at radius 1 is 0.971 bits per heavy atom. The van der Waals surface area contributed by atoms with Crippen molar-refractivity contribution in [2.45, 2.75) is 33.3 Å². The molecule has 0 atom stereocenters. The zero-order chi connectivity index (χ0) is 24.2. The van der Waals surface area contributed by atoms with Crippen LogP contribution >= 0.6 is 11.5 Å². The van der Waals surface area contributed by atoms with Gasteiger partial charge in [0.1, 0.15) is 12.4 Å². The first kappa shape index (κ1) is 23.8. The molecule has 0 radical (unpaired) electrons. The molecule has 1 aromatic heterocycles. The molecule has 0 aliphatic rings. The fourth-order valence-corrected chi connectivity index (χ4v) is 4.61. The van der Waals surface area contributed by atoms with Crippen LogP contribution in [0.2, 0.25) is 0 Å². The molecule has 0 fully saturated rings. The monoisotopic (exact) mass is 479 g/mol. The summed E-state index contributed by atoms with van der Waals surface area (Å²) in [6.07, 6.45) is 1.14. The van der Waals surface area contributed by atoms with Crippen LogP contribution in [0.5, 0.6) is 5.75 Å². The molecule has 0 spiro atoms. The van der Waals surface area contributed by atoms with Crippen LogP contribution in [0, 0.1) is 24.4 Å². The molecule has 2 nitrogen and oxygen atoms in total. The summed E-state index contributed by atoms with van der Waals surface area (Å²) < 4.78 is 54.5. The van der Waals surface area contributed by atoms with E-state index in [1.54, 1.807) is 6.07 Å². The Balaban J connectivity index is 1.70. The smallest absolute Gasteiger partial charge is 0.191 e. The van der Waals surface area contributed by atoms with Gasteiger partial charge in [-0.2, -0.15) is 4.37 Å². The maximum absolute atomic E-state index is 14.8. The first-order chi connectivity index (χ1) is 16.3. The van der Waals surface area contributed by atoms with E-state index in [0.29, 0.717) is 40.1 Å². The number of ether oxygens (including phenoxy) is 1. The highest BCUT2D eigenvalue weighted by molar-refractivity contribution is 7.10. The van der Waals surface area contributed by atoms with E-state index in [4.69, 9.17) is 4.74 Å². The molecule has 0 saturated heterocycles. The molecule has 0 bridgehead atoms. The number of aromatic nitrogens is 1. The van der Waals surface area contributed by atoms with Crippen molar-refractivity contribution < 1.29 is 17.9 Å². The fourth-order valence-electron chi connectivity index (χ4n) is 3.68. The van der Waals surface area contributed by atoms with Crippen molar-refractivity contribution in [1.82, 2.24) is 4.37 Å². The van der Waals surface area contributed by atoms with Crippen molar-refractivity contribution in [3.05, 3.63) is 107 Å². The molecule has 0 unspecified atom stereocenters. The summed E-state index contributed by atoms with van der Waals surface area (Å²) in [5.74, 6) is -2.39. The maximum atomic E-state index is 14.8. The maximum Gasteiger partial charge on any atom is 0.191 e. The van der Waals surface area contributed by atoms with Crippen molar-refractivity contribution in [2.75, 3.05) is 0 Å². The predicted molar refractivity (Wildman–Crippen MR) is 132 cm³/mol. The number of benzene rings is 3. The Hall–Kier alpha value is -3.38. The van der Waals surface area contributed by atoms with Gasteiger partial charge in [-0.15, -0.1) is 6.58 Å². The Morgan fingerprint density at radius 3 is 2.32 bits per heavy atom. The summed E-state index contributed by atoms with van der Waals surface area (Å²) in [5, 5.41) is 0. The van der Waals surface area contributed by atoms with E-state index in [1.807, 2.05) is 50.2 Å². The first-order valence-electron chi connectivity index (χ1n) is 10.9. The van der Waals surface area contributed by atoms with Crippen LogP contribution < -0.4 is 4.74 Å². The third kappa shape index (κ3) is 5.23. The summed E-state index contributed by atoms with van der Waals surface area (Å²) in [5.41, 5.74) is 4.63. The summed E-state index contributed by atoms with van der Waals surface area (Å²) in [6, 6.07) is 16.9. The van der Waals surface area contributed by atoms with Crippen LogP contribution in [0.4, 0.5) is 13.2 Å². The van der Waals surface area contributed by atoms with Crippen LogP contribution in [0.15, 0.2) is 72.8 Å². The molecule has 174 valence electrons. The average Bonchev–Trinajstić information content (AvgIpc) is 3.21. The van der Waals surface area contributed by atoms with Gasteiger partial charge >= 0.3 is 0 Å². The third-order valence-electron chi connectivity index (χ3n) is 5.46. The summed E-state index contributed by atoms with van der Waals surface area (Å²) in [4.78, 5) is 0.565. The second kappa shape index (κ2) is 10.3. The van der Waals surface area contributed by atoms with Gasteiger partial charge in [-0.1, -0.05) is 48.0 Å². The van der Waals surface area contributed by atoms with E-state index in [-0.39, 0.29) is 12.4 Å². The van der Waals surface area contributed by atoms with E-state index in [1.165, 1.54) is 18.2 Å². The fraction of sp³-hybridized carbons (Fsp3) is 0.179. The second-order valence-corrected chi connectivity index (χ2v) is 9.10. The summed E-state index contributed by atoms with van der Waals surface area (Å²) in [6.45, 7) is 7.34. The van der Waals surface area contributed by atoms with Crippen molar-refractivity contribution in [3.63, 3.8) is 0 Å². The molecule has 6 heteroatoms. The number of hydrogen-bond donors (Lipinski definition) is 0. The van der Waals surface area contributed by atoms with Crippen LogP contribution in [0.1, 0.15) is 30.0 Å². The van der Waals surface area contributed by atoms with Gasteiger partial charge in [0.25, 0.3) is 0 Å². The molecule has 0 saturated carbocycles. The third-order valence-corrected chi connectivity index (χ3v) is 6.39. The van der Waals surface area contributed by atoms with Crippen molar-refractivity contribution in [1.29, 1.82) is 0 Å². The molecule has 0 amide bonds. The Morgan fingerprint density at radius 2 is 1.68 bits per heavy atom. The van der Waals surface area contributed by atoms with Crippen LogP contribution in [-0.4, -0.2) is 4.37 Å². The molecule has 0 aliphatic carbocycles. The molecule has 1 heterocycles. The van der Waals surface area contributed by atoms with E-state index in [2.05, 4.69) is 11.0 Å². The summed E-state index contributed by atoms with van der Waals surface area (Å²) in [7, 11) is 0. The largest absolute Gasteiger partial charge is 0.483 e. The minimum absolute atomic E-state index is 0.164. The minimum atomic E-state index is -0.774. The highest BCUT2D eigenvalue weighted by Crippen LogP contribution is 2.38. The molecule has 4 rings (SSSR count). The highest BCUT2D eigenvalue weighted by atomic mass is 32.1. The van der Waals surface area contributed by atoms with Crippen molar-refractivity contribution in [2.24, 2.45) is 0 Å². The quantitative estimate of drug-likeness (QED) is 0.237. The lowest BCUT2D eigenvalue weighted by Gasteiger charge is -2.12. The van der Waals surface area contributed by atoms with Crippen molar-refractivity contribution >= 4 is 11.5 Å².